The molecule has 0 atom stereocenters. The number of rotatable bonds is 3. The fourth-order valence-corrected chi connectivity index (χ4v) is 4.37. The molecule has 0 saturated carbocycles. The Kier molecular flexibility index (Phi) is 4.78. The fraction of sp³-hybridized carbons (Fsp3) is 0.176. The quantitative estimate of drug-likeness (QED) is 0.686. The van der Waals surface area contributed by atoms with E-state index >= 15 is 0 Å². The first-order valence-electron chi connectivity index (χ1n) is 7.57. The monoisotopic (exact) mass is 393 g/mol. The van der Waals surface area contributed by atoms with Gasteiger partial charge >= 0.3 is 0 Å². The maximum atomic E-state index is 14.0. The third-order valence-corrected chi connectivity index (χ3v) is 6.79. The minimum atomic E-state index is -4.00. The van der Waals surface area contributed by atoms with Gasteiger partial charge in [-0.3, -0.25) is 4.79 Å². The summed E-state index contributed by atoms with van der Waals surface area (Å²) in [7, 11) is 0.379. The zero-order valence-electron chi connectivity index (χ0n) is 14.3. The second kappa shape index (κ2) is 6.75. The van der Waals surface area contributed by atoms with E-state index in [0.717, 1.165) is 26.7 Å². The van der Waals surface area contributed by atoms with Crippen molar-refractivity contribution in [2.24, 2.45) is 12.0 Å². The van der Waals surface area contributed by atoms with Crippen LogP contribution in [0.1, 0.15) is 10.4 Å². The van der Waals surface area contributed by atoms with Gasteiger partial charge in [-0.2, -0.15) is 4.99 Å². The highest BCUT2D eigenvalue weighted by Gasteiger charge is 2.23. The summed E-state index contributed by atoms with van der Waals surface area (Å²) in [4.78, 5) is 16.5. The van der Waals surface area contributed by atoms with Gasteiger partial charge in [0.25, 0.3) is 5.91 Å². The van der Waals surface area contributed by atoms with Crippen molar-refractivity contribution in [3.05, 3.63) is 58.6 Å². The van der Waals surface area contributed by atoms with E-state index < -0.39 is 26.6 Å². The van der Waals surface area contributed by atoms with Gasteiger partial charge in [-0.25, -0.2) is 17.1 Å². The first kappa shape index (κ1) is 18.4. The Morgan fingerprint density at radius 3 is 2.54 bits per heavy atom. The lowest BCUT2D eigenvalue weighted by atomic mass is 10.2. The second-order valence-corrected chi connectivity index (χ2v) is 8.89. The van der Waals surface area contributed by atoms with Crippen LogP contribution in [0.4, 0.5) is 4.39 Å². The van der Waals surface area contributed by atoms with Crippen LogP contribution in [0.5, 0.6) is 0 Å². The maximum absolute atomic E-state index is 14.0. The Bertz CT molecular complexity index is 1180. The number of aromatic nitrogens is 1. The maximum Gasteiger partial charge on any atom is 0.279 e. The van der Waals surface area contributed by atoms with Gasteiger partial charge in [-0.05, 0) is 30.3 Å². The molecule has 0 aliphatic heterocycles. The predicted octanol–water partition coefficient (Wildman–Crippen LogP) is 2.37. The average molecular weight is 393 g/mol. The largest absolute Gasteiger partial charge is 0.319 e. The van der Waals surface area contributed by atoms with Gasteiger partial charge in [0.15, 0.2) is 4.80 Å². The number of thiazole rings is 1. The lowest BCUT2D eigenvalue weighted by Gasteiger charge is -2.12. The molecule has 0 spiro atoms. The standard InChI is InChI=1S/C17H16FN3O3S2/c1-20(2)26(23,24)15-10-11(8-9-12(15)18)16(22)19-17-21(3)13-6-4-5-7-14(13)25-17/h4-10H,1-3H3. The summed E-state index contributed by atoms with van der Waals surface area (Å²) < 4.78 is 42.0. The van der Waals surface area contributed by atoms with Crippen molar-refractivity contribution >= 4 is 37.5 Å². The Hall–Kier alpha value is -2.36. The van der Waals surface area contributed by atoms with E-state index in [2.05, 4.69) is 4.99 Å². The van der Waals surface area contributed by atoms with Gasteiger partial charge in [0.1, 0.15) is 10.7 Å². The minimum absolute atomic E-state index is 0.00396. The van der Waals surface area contributed by atoms with Crippen molar-refractivity contribution in [3.8, 4) is 0 Å². The third-order valence-electron chi connectivity index (χ3n) is 3.85. The fourth-order valence-electron chi connectivity index (χ4n) is 2.37. The zero-order chi connectivity index (χ0) is 19.1. The number of para-hydroxylation sites is 1. The summed E-state index contributed by atoms with van der Waals surface area (Å²) >= 11 is 1.34. The van der Waals surface area contributed by atoms with Crippen molar-refractivity contribution in [2.45, 2.75) is 4.90 Å². The summed E-state index contributed by atoms with van der Waals surface area (Å²) in [5.74, 6) is -1.55. The summed E-state index contributed by atoms with van der Waals surface area (Å²) in [6.07, 6.45) is 0. The Morgan fingerprint density at radius 1 is 1.19 bits per heavy atom. The number of carbonyl (C=O) groups is 1. The van der Waals surface area contributed by atoms with Crippen LogP contribution in [-0.2, 0) is 17.1 Å². The highest BCUT2D eigenvalue weighted by Crippen LogP contribution is 2.20. The molecule has 136 valence electrons. The van der Waals surface area contributed by atoms with E-state index in [1.54, 1.807) is 11.6 Å². The lowest BCUT2D eigenvalue weighted by Crippen LogP contribution is -2.23. The summed E-state index contributed by atoms with van der Waals surface area (Å²) in [6, 6.07) is 10.8. The SMILES string of the molecule is CN(C)S(=O)(=O)c1cc(C(=O)N=c2sc3ccccc3n2C)ccc1F. The van der Waals surface area contributed by atoms with E-state index in [4.69, 9.17) is 0 Å². The predicted molar refractivity (Wildman–Crippen MR) is 98.0 cm³/mol. The highest BCUT2D eigenvalue weighted by atomic mass is 32.2. The molecule has 3 rings (SSSR count). The number of amides is 1. The molecule has 0 radical (unpaired) electrons. The summed E-state index contributed by atoms with van der Waals surface area (Å²) in [5, 5.41) is 0. The number of carbonyl (C=O) groups excluding carboxylic acids is 1. The van der Waals surface area contributed by atoms with E-state index in [1.165, 1.54) is 31.5 Å². The number of benzene rings is 2. The lowest BCUT2D eigenvalue weighted by molar-refractivity contribution is 0.0997. The van der Waals surface area contributed by atoms with E-state index in [-0.39, 0.29) is 5.56 Å². The highest BCUT2D eigenvalue weighted by molar-refractivity contribution is 7.89. The molecule has 0 aliphatic carbocycles. The second-order valence-electron chi connectivity index (χ2n) is 5.76. The Morgan fingerprint density at radius 2 is 1.88 bits per heavy atom. The van der Waals surface area contributed by atoms with Crippen LogP contribution in [0, 0.1) is 5.82 Å². The zero-order valence-corrected chi connectivity index (χ0v) is 15.9. The van der Waals surface area contributed by atoms with Gasteiger partial charge in [-0.1, -0.05) is 23.5 Å². The number of aryl methyl sites for hydroxylation is 1. The van der Waals surface area contributed by atoms with Crippen LogP contribution in [0.15, 0.2) is 52.4 Å². The molecule has 3 aromatic rings. The van der Waals surface area contributed by atoms with Gasteiger partial charge < -0.3 is 4.57 Å². The smallest absolute Gasteiger partial charge is 0.279 e. The molecule has 1 amide bonds. The number of halogens is 1. The number of hydrogen-bond donors (Lipinski definition) is 0. The normalized spacial score (nSPS) is 12.9. The molecule has 0 N–H and O–H groups in total. The molecule has 26 heavy (non-hydrogen) atoms. The molecular formula is C17H16FN3O3S2. The number of hydrogen-bond acceptors (Lipinski definition) is 4. The Labute approximate surface area is 153 Å². The summed E-state index contributed by atoms with van der Waals surface area (Å²) in [6.45, 7) is 0. The summed E-state index contributed by atoms with van der Waals surface area (Å²) in [5.41, 5.74) is 0.934. The topological polar surface area (TPSA) is 71.7 Å². The number of sulfonamides is 1. The molecule has 1 heterocycles. The van der Waals surface area contributed by atoms with Crippen molar-refractivity contribution in [2.75, 3.05) is 14.1 Å². The van der Waals surface area contributed by atoms with E-state index in [0.29, 0.717) is 4.80 Å². The molecule has 1 aromatic heterocycles. The van der Waals surface area contributed by atoms with Crippen LogP contribution in [0.3, 0.4) is 0 Å². The average Bonchev–Trinajstić information content (AvgIpc) is 2.91. The van der Waals surface area contributed by atoms with Crippen LogP contribution < -0.4 is 4.80 Å². The van der Waals surface area contributed by atoms with Crippen molar-refractivity contribution in [3.63, 3.8) is 0 Å². The molecule has 0 bridgehead atoms. The van der Waals surface area contributed by atoms with Crippen LogP contribution in [-0.4, -0.2) is 37.3 Å². The van der Waals surface area contributed by atoms with Crippen molar-refractivity contribution in [1.29, 1.82) is 0 Å². The van der Waals surface area contributed by atoms with Crippen LogP contribution in [0.2, 0.25) is 0 Å². The van der Waals surface area contributed by atoms with Gasteiger partial charge in [0.05, 0.1) is 10.2 Å². The number of fused-ring (bicyclic) bond motifs is 1. The Balaban J connectivity index is 2.10. The van der Waals surface area contributed by atoms with Gasteiger partial charge in [0, 0.05) is 26.7 Å². The molecule has 0 unspecified atom stereocenters. The first-order chi connectivity index (χ1) is 12.2. The van der Waals surface area contributed by atoms with E-state index in [9.17, 15) is 17.6 Å². The molecular weight excluding hydrogens is 377 g/mol. The van der Waals surface area contributed by atoms with Crippen LogP contribution >= 0.6 is 11.3 Å². The first-order valence-corrected chi connectivity index (χ1v) is 9.83. The third kappa shape index (κ3) is 3.20. The molecule has 0 fully saturated rings. The van der Waals surface area contributed by atoms with E-state index in [1.807, 2.05) is 24.3 Å². The molecule has 9 heteroatoms. The molecule has 0 aliphatic rings. The molecule has 6 nitrogen and oxygen atoms in total. The van der Waals surface area contributed by atoms with Gasteiger partial charge in [-0.15, -0.1) is 0 Å². The van der Waals surface area contributed by atoms with Crippen LogP contribution in [0.25, 0.3) is 10.2 Å². The van der Waals surface area contributed by atoms with Crippen molar-refractivity contribution < 1.29 is 17.6 Å². The molecule has 0 saturated heterocycles. The minimum Gasteiger partial charge on any atom is -0.319 e. The van der Waals surface area contributed by atoms with Gasteiger partial charge in [0.2, 0.25) is 10.0 Å². The molecule has 2 aromatic carbocycles. The van der Waals surface area contributed by atoms with Crippen molar-refractivity contribution in [1.82, 2.24) is 8.87 Å². The number of nitrogens with zero attached hydrogens (tertiary/aromatic N) is 3.